The fraction of sp³-hybridized carbons (Fsp3) is 0.333. The lowest BCUT2D eigenvalue weighted by Gasteiger charge is -2.31. The van der Waals surface area contributed by atoms with Crippen LogP contribution in [0.15, 0.2) is 24.3 Å². The van der Waals surface area contributed by atoms with Crippen LogP contribution < -0.4 is 0 Å². The third-order valence-electron chi connectivity index (χ3n) is 3.02. The van der Waals surface area contributed by atoms with Crippen molar-refractivity contribution in [3.8, 4) is 0 Å². The highest BCUT2D eigenvalue weighted by Crippen LogP contribution is 2.29. The summed E-state index contributed by atoms with van der Waals surface area (Å²) >= 11 is 0. The van der Waals surface area contributed by atoms with Gasteiger partial charge in [-0.2, -0.15) is 0 Å². The van der Waals surface area contributed by atoms with Crippen LogP contribution in [0.5, 0.6) is 0 Å². The summed E-state index contributed by atoms with van der Waals surface area (Å²) in [6.07, 6.45) is 0. The molecule has 1 N–H and O–H groups in total. The van der Waals surface area contributed by atoms with E-state index in [4.69, 9.17) is 5.11 Å². The highest BCUT2D eigenvalue weighted by Gasteiger charge is 2.42. The van der Waals surface area contributed by atoms with Crippen LogP contribution in [0, 0.1) is 0 Å². The molecule has 0 saturated heterocycles. The molecular weight excluding hydrogens is 206 g/mol. The summed E-state index contributed by atoms with van der Waals surface area (Å²) < 4.78 is 0. The molecule has 1 aliphatic heterocycles. The van der Waals surface area contributed by atoms with Gasteiger partial charge in [0, 0.05) is 12.1 Å². The number of carboxylic acids is 1. The zero-order chi connectivity index (χ0) is 11.9. The van der Waals surface area contributed by atoms with Crippen LogP contribution in [0.4, 0.5) is 0 Å². The molecule has 1 heterocycles. The summed E-state index contributed by atoms with van der Waals surface area (Å²) in [4.78, 5) is 24.5. The average Bonchev–Trinajstić information content (AvgIpc) is 2.57. The predicted molar refractivity (Wildman–Crippen MR) is 58.0 cm³/mol. The summed E-state index contributed by atoms with van der Waals surface area (Å²) in [5.41, 5.74) is 0.328. The van der Waals surface area contributed by atoms with Crippen LogP contribution in [0.2, 0.25) is 0 Å². The summed E-state index contributed by atoms with van der Waals surface area (Å²) in [5.74, 6) is -1.20. The minimum absolute atomic E-state index is 0.206. The van der Waals surface area contributed by atoms with E-state index in [-0.39, 0.29) is 5.91 Å². The van der Waals surface area contributed by atoms with Crippen LogP contribution >= 0.6 is 0 Å². The monoisotopic (exact) mass is 219 g/mol. The first-order chi connectivity index (χ1) is 7.44. The maximum absolute atomic E-state index is 12.0. The highest BCUT2D eigenvalue weighted by molar-refractivity contribution is 6.01. The molecule has 4 nitrogen and oxygen atoms in total. The summed E-state index contributed by atoms with van der Waals surface area (Å²) in [6.45, 7) is 3.45. The molecular formula is C12H13NO3. The number of nitrogens with zero attached hydrogens (tertiary/aromatic N) is 1. The Hall–Kier alpha value is -1.84. The van der Waals surface area contributed by atoms with Crippen LogP contribution in [-0.4, -0.2) is 27.4 Å². The van der Waals surface area contributed by atoms with E-state index in [1.54, 1.807) is 26.0 Å². The molecule has 0 atom stereocenters. The average molecular weight is 219 g/mol. The van der Waals surface area contributed by atoms with E-state index in [1.165, 1.54) is 4.90 Å². The van der Waals surface area contributed by atoms with Gasteiger partial charge < -0.3 is 10.0 Å². The summed E-state index contributed by atoms with van der Waals surface area (Å²) in [5, 5.41) is 9.10. The molecule has 0 saturated carbocycles. The van der Waals surface area contributed by atoms with Gasteiger partial charge in [-0.25, -0.2) is 4.79 Å². The number of hydrogen-bond donors (Lipinski definition) is 1. The van der Waals surface area contributed by atoms with Crippen LogP contribution in [0.3, 0.4) is 0 Å². The smallest absolute Gasteiger partial charge is 0.329 e. The number of benzene rings is 1. The second kappa shape index (κ2) is 3.33. The van der Waals surface area contributed by atoms with E-state index >= 15 is 0 Å². The molecule has 0 spiro atoms. The second-order valence-electron chi connectivity index (χ2n) is 4.41. The molecule has 16 heavy (non-hydrogen) atoms. The summed E-state index contributed by atoms with van der Waals surface area (Å²) in [7, 11) is 0. The van der Waals surface area contributed by atoms with Gasteiger partial charge in [0.15, 0.2) is 0 Å². The maximum atomic E-state index is 12.0. The molecule has 84 valence electrons. The van der Waals surface area contributed by atoms with Gasteiger partial charge in [0.05, 0.1) is 0 Å². The Bertz CT molecular complexity index is 465. The number of carbonyl (C=O) groups excluding carboxylic acids is 1. The van der Waals surface area contributed by atoms with E-state index in [1.807, 2.05) is 12.1 Å². The number of aliphatic carboxylic acids is 1. The third-order valence-corrected chi connectivity index (χ3v) is 3.02. The topological polar surface area (TPSA) is 57.6 Å². The van der Waals surface area contributed by atoms with Crippen molar-refractivity contribution in [1.82, 2.24) is 4.90 Å². The molecule has 1 aromatic carbocycles. The first kappa shape index (κ1) is 10.7. The van der Waals surface area contributed by atoms with Crippen LogP contribution in [0.1, 0.15) is 29.8 Å². The van der Waals surface area contributed by atoms with Crippen molar-refractivity contribution in [2.45, 2.75) is 25.9 Å². The van der Waals surface area contributed by atoms with Crippen molar-refractivity contribution in [1.29, 1.82) is 0 Å². The number of amides is 1. The van der Waals surface area contributed by atoms with Gasteiger partial charge in [0.1, 0.15) is 5.54 Å². The SMILES string of the molecule is CC(C)(C(=O)O)N1Cc2ccccc2C1=O. The van der Waals surface area contributed by atoms with Gasteiger partial charge >= 0.3 is 5.97 Å². The zero-order valence-electron chi connectivity index (χ0n) is 9.23. The molecule has 1 aromatic rings. The fourth-order valence-corrected chi connectivity index (χ4v) is 1.82. The molecule has 0 radical (unpaired) electrons. The predicted octanol–water partition coefficient (Wildman–Crippen LogP) is 1.51. The van der Waals surface area contributed by atoms with Crippen molar-refractivity contribution in [3.63, 3.8) is 0 Å². The minimum Gasteiger partial charge on any atom is -0.480 e. The first-order valence-corrected chi connectivity index (χ1v) is 5.08. The van der Waals surface area contributed by atoms with Crippen molar-refractivity contribution in [3.05, 3.63) is 35.4 Å². The molecule has 4 heteroatoms. The summed E-state index contributed by atoms with van der Waals surface area (Å²) in [6, 6.07) is 7.22. The number of carboxylic acid groups (broad SMARTS) is 1. The van der Waals surface area contributed by atoms with Gasteiger partial charge in [-0.15, -0.1) is 0 Å². The van der Waals surface area contributed by atoms with E-state index in [0.29, 0.717) is 12.1 Å². The molecule has 0 aliphatic carbocycles. The zero-order valence-corrected chi connectivity index (χ0v) is 9.23. The van der Waals surface area contributed by atoms with Gasteiger partial charge in [0.2, 0.25) is 0 Å². The molecule has 0 fully saturated rings. The Morgan fingerprint density at radius 2 is 2.00 bits per heavy atom. The minimum atomic E-state index is -1.17. The molecule has 2 rings (SSSR count). The Morgan fingerprint density at radius 3 is 2.56 bits per heavy atom. The fourth-order valence-electron chi connectivity index (χ4n) is 1.82. The van der Waals surface area contributed by atoms with Gasteiger partial charge in [0.25, 0.3) is 5.91 Å². The number of rotatable bonds is 2. The Kier molecular flexibility index (Phi) is 2.22. The molecule has 1 amide bonds. The van der Waals surface area contributed by atoms with Gasteiger partial charge in [-0.1, -0.05) is 18.2 Å². The van der Waals surface area contributed by atoms with Crippen LogP contribution in [-0.2, 0) is 11.3 Å². The Morgan fingerprint density at radius 1 is 1.38 bits per heavy atom. The van der Waals surface area contributed by atoms with E-state index in [2.05, 4.69) is 0 Å². The standard InChI is InChI=1S/C12H13NO3/c1-12(2,11(15)16)13-7-8-5-3-4-6-9(8)10(13)14/h3-6H,7H2,1-2H3,(H,15,16). The van der Waals surface area contributed by atoms with E-state index in [0.717, 1.165) is 5.56 Å². The van der Waals surface area contributed by atoms with E-state index in [9.17, 15) is 9.59 Å². The highest BCUT2D eigenvalue weighted by atomic mass is 16.4. The van der Waals surface area contributed by atoms with Crippen molar-refractivity contribution in [2.75, 3.05) is 0 Å². The Balaban J connectivity index is 2.39. The van der Waals surface area contributed by atoms with E-state index < -0.39 is 11.5 Å². The Labute approximate surface area is 93.5 Å². The van der Waals surface area contributed by atoms with Gasteiger partial charge in [-0.3, -0.25) is 4.79 Å². The van der Waals surface area contributed by atoms with Crippen molar-refractivity contribution < 1.29 is 14.7 Å². The lowest BCUT2D eigenvalue weighted by atomic mass is 10.0. The molecule has 0 bridgehead atoms. The van der Waals surface area contributed by atoms with Crippen LogP contribution in [0.25, 0.3) is 0 Å². The van der Waals surface area contributed by atoms with Gasteiger partial charge in [-0.05, 0) is 25.5 Å². The lowest BCUT2D eigenvalue weighted by molar-refractivity contribution is -0.147. The first-order valence-electron chi connectivity index (χ1n) is 5.08. The second-order valence-corrected chi connectivity index (χ2v) is 4.41. The molecule has 1 aliphatic rings. The largest absolute Gasteiger partial charge is 0.480 e. The number of fused-ring (bicyclic) bond motifs is 1. The van der Waals surface area contributed by atoms with Crippen molar-refractivity contribution in [2.24, 2.45) is 0 Å². The molecule has 0 aromatic heterocycles. The number of hydrogen-bond acceptors (Lipinski definition) is 2. The quantitative estimate of drug-likeness (QED) is 0.820. The normalized spacial score (nSPS) is 15.1. The molecule has 0 unspecified atom stereocenters. The van der Waals surface area contributed by atoms with Crippen molar-refractivity contribution >= 4 is 11.9 Å². The third kappa shape index (κ3) is 1.38. The number of carbonyl (C=O) groups is 2. The lowest BCUT2D eigenvalue weighted by Crippen LogP contribution is -2.50. The maximum Gasteiger partial charge on any atom is 0.329 e.